The molecular weight excluding hydrogens is 469 g/mol. The molecule has 0 aliphatic heterocycles. The fourth-order valence-corrected chi connectivity index (χ4v) is 4.94. The third-order valence-corrected chi connectivity index (χ3v) is 6.72. The van der Waals surface area contributed by atoms with Crippen molar-refractivity contribution in [3.8, 4) is 0 Å². The molecule has 0 aliphatic carbocycles. The number of alkyl halides is 3. The minimum atomic E-state index is -4.71. The third-order valence-electron chi connectivity index (χ3n) is 4.54. The Bertz CT molecular complexity index is 1270. The van der Waals surface area contributed by atoms with Gasteiger partial charge in [0.15, 0.2) is 5.82 Å². The van der Waals surface area contributed by atoms with E-state index in [4.69, 9.17) is 16.7 Å². The van der Waals surface area contributed by atoms with Gasteiger partial charge in [0.1, 0.15) is 0 Å². The molecule has 0 aliphatic rings. The molecule has 1 heterocycles. The SMILES string of the molecule is Cc1cc(C(=O)O)ccc1S(=O)(=O)N(Cc1ccccc1)c1ncc(C(F)(F)F)cc1Cl. The van der Waals surface area contributed by atoms with Gasteiger partial charge in [-0.1, -0.05) is 41.9 Å². The normalized spacial score (nSPS) is 11.9. The van der Waals surface area contributed by atoms with Gasteiger partial charge in [-0.05, 0) is 42.3 Å². The highest BCUT2D eigenvalue weighted by Crippen LogP contribution is 2.36. The van der Waals surface area contributed by atoms with E-state index >= 15 is 0 Å². The Kier molecular flexibility index (Phi) is 6.47. The molecule has 0 spiro atoms. The van der Waals surface area contributed by atoms with E-state index in [0.29, 0.717) is 17.8 Å². The van der Waals surface area contributed by atoms with Crippen molar-refractivity contribution < 1.29 is 31.5 Å². The smallest absolute Gasteiger partial charge is 0.417 e. The van der Waals surface area contributed by atoms with Crippen LogP contribution in [0.2, 0.25) is 5.02 Å². The van der Waals surface area contributed by atoms with Crippen LogP contribution >= 0.6 is 11.6 Å². The second-order valence-electron chi connectivity index (χ2n) is 6.81. The number of hydrogen-bond acceptors (Lipinski definition) is 4. The number of nitrogens with zero attached hydrogens (tertiary/aromatic N) is 2. The zero-order valence-corrected chi connectivity index (χ0v) is 18.0. The average molecular weight is 485 g/mol. The topological polar surface area (TPSA) is 87.6 Å². The molecule has 32 heavy (non-hydrogen) atoms. The Morgan fingerprint density at radius 2 is 1.78 bits per heavy atom. The predicted molar refractivity (Wildman–Crippen MR) is 112 cm³/mol. The van der Waals surface area contributed by atoms with Crippen LogP contribution in [0.3, 0.4) is 0 Å². The summed E-state index contributed by atoms with van der Waals surface area (Å²) in [7, 11) is -4.38. The van der Waals surface area contributed by atoms with Gasteiger partial charge >= 0.3 is 12.1 Å². The van der Waals surface area contributed by atoms with Gasteiger partial charge in [0.25, 0.3) is 10.0 Å². The van der Waals surface area contributed by atoms with E-state index in [1.165, 1.54) is 13.0 Å². The minimum absolute atomic E-state index is 0.109. The minimum Gasteiger partial charge on any atom is -0.478 e. The van der Waals surface area contributed by atoms with Gasteiger partial charge in [-0.15, -0.1) is 0 Å². The number of carboxylic acids is 1. The summed E-state index contributed by atoms with van der Waals surface area (Å²) in [5.74, 6) is -1.61. The van der Waals surface area contributed by atoms with Gasteiger partial charge in [-0.3, -0.25) is 0 Å². The quantitative estimate of drug-likeness (QED) is 0.522. The summed E-state index contributed by atoms with van der Waals surface area (Å²) in [6.07, 6.45) is -4.20. The van der Waals surface area contributed by atoms with Crippen LogP contribution in [0.25, 0.3) is 0 Å². The lowest BCUT2D eigenvalue weighted by atomic mass is 10.1. The lowest BCUT2D eigenvalue weighted by molar-refractivity contribution is -0.137. The summed E-state index contributed by atoms with van der Waals surface area (Å²) in [6, 6.07) is 12.4. The summed E-state index contributed by atoms with van der Waals surface area (Å²) < 4.78 is 66.9. The maximum absolute atomic E-state index is 13.5. The molecule has 0 unspecified atom stereocenters. The van der Waals surface area contributed by atoms with Crippen molar-refractivity contribution in [1.82, 2.24) is 4.98 Å². The molecule has 3 aromatic rings. The predicted octanol–water partition coefficient (Wildman–Crippen LogP) is 5.16. The van der Waals surface area contributed by atoms with Gasteiger partial charge in [0.2, 0.25) is 0 Å². The molecular formula is C21H16ClF3N2O4S. The molecule has 0 radical (unpaired) electrons. The molecule has 2 aromatic carbocycles. The number of benzene rings is 2. The number of anilines is 1. The third kappa shape index (κ3) is 4.86. The molecule has 11 heteroatoms. The van der Waals surface area contributed by atoms with E-state index in [1.54, 1.807) is 30.3 Å². The first-order chi connectivity index (χ1) is 14.9. The number of carboxylic acid groups (broad SMARTS) is 1. The standard InChI is InChI=1S/C21H16ClF3N2O4S/c1-13-9-15(20(28)29)7-8-18(13)32(30,31)27(12-14-5-3-2-4-6-14)19-17(22)10-16(11-26-19)21(23,24)25/h2-11H,12H2,1H3,(H,28,29). The van der Waals surface area contributed by atoms with E-state index in [0.717, 1.165) is 16.4 Å². The number of sulfonamides is 1. The first-order valence-corrected chi connectivity index (χ1v) is 10.9. The number of aromatic nitrogens is 1. The molecule has 0 saturated carbocycles. The molecule has 0 bridgehead atoms. The van der Waals surface area contributed by atoms with Crippen molar-refractivity contribution in [3.05, 3.63) is 88.1 Å². The number of pyridine rings is 1. The number of hydrogen-bond donors (Lipinski definition) is 1. The van der Waals surface area contributed by atoms with Crippen LogP contribution in [-0.4, -0.2) is 24.5 Å². The van der Waals surface area contributed by atoms with E-state index < -0.39 is 32.8 Å². The lowest BCUT2D eigenvalue weighted by Crippen LogP contribution is -2.32. The second kappa shape index (κ2) is 8.79. The Hall–Kier alpha value is -3.11. The highest BCUT2D eigenvalue weighted by atomic mass is 35.5. The summed E-state index contributed by atoms with van der Waals surface area (Å²) >= 11 is 6.05. The molecule has 0 fully saturated rings. The highest BCUT2D eigenvalue weighted by molar-refractivity contribution is 7.92. The molecule has 0 saturated heterocycles. The Labute approximate surface area is 187 Å². The molecule has 3 rings (SSSR count). The van der Waals surface area contributed by atoms with Crippen LogP contribution in [0.15, 0.2) is 65.7 Å². The second-order valence-corrected chi connectivity index (χ2v) is 9.05. The van der Waals surface area contributed by atoms with Crippen molar-refractivity contribution in [3.63, 3.8) is 0 Å². The summed E-state index contributed by atoms with van der Waals surface area (Å²) in [4.78, 5) is 14.7. The van der Waals surface area contributed by atoms with E-state index in [2.05, 4.69) is 4.98 Å². The molecule has 0 atom stereocenters. The average Bonchev–Trinajstić information content (AvgIpc) is 2.72. The van der Waals surface area contributed by atoms with Crippen molar-refractivity contribution in [2.45, 2.75) is 24.5 Å². The molecule has 1 aromatic heterocycles. The molecule has 1 N–H and O–H groups in total. The summed E-state index contributed by atoms with van der Waals surface area (Å²) in [5.41, 5.74) is -0.549. The summed E-state index contributed by atoms with van der Waals surface area (Å²) in [5, 5.41) is 8.63. The van der Waals surface area contributed by atoms with Gasteiger partial charge < -0.3 is 5.11 Å². The van der Waals surface area contributed by atoms with Crippen molar-refractivity contribution >= 4 is 33.4 Å². The Morgan fingerprint density at radius 3 is 2.31 bits per heavy atom. The van der Waals surface area contributed by atoms with E-state index in [1.807, 2.05) is 0 Å². The van der Waals surface area contributed by atoms with Crippen LogP contribution < -0.4 is 4.31 Å². The van der Waals surface area contributed by atoms with Gasteiger partial charge in [0.05, 0.1) is 27.6 Å². The van der Waals surface area contributed by atoms with E-state index in [-0.39, 0.29) is 28.4 Å². The lowest BCUT2D eigenvalue weighted by Gasteiger charge is -2.25. The molecule has 6 nitrogen and oxygen atoms in total. The maximum Gasteiger partial charge on any atom is 0.417 e. The number of aromatic carboxylic acids is 1. The largest absolute Gasteiger partial charge is 0.478 e. The first-order valence-electron chi connectivity index (χ1n) is 9.04. The Morgan fingerprint density at radius 1 is 1.12 bits per heavy atom. The van der Waals surface area contributed by atoms with Crippen LogP contribution in [0.4, 0.5) is 19.0 Å². The van der Waals surface area contributed by atoms with E-state index in [9.17, 15) is 26.4 Å². The number of rotatable bonds is 6. The number of carbonyl (C=O) groups is 1. The zero-order chi connectivity index (χ0) is 23.7. The number of halogens is 4. The zero-order valence-electron chi connectivity index (χ0n) is 16.5. The fourth-order valence-electron chi connectivity index (χ4n) is 2.98. The fraction of sp³-hybridized carbons (Fsp3) is 0.143. The molecule has 168 valence electrons. The van der Waals surface area contributed by atoms with Crippen LogP contribution in [0.5, 0.6) is 0 Å². The maximum atomic E-state index is 13.5. The monoisotopic (exact) mass is 484 g/mol. The summed E-state index contributed by atoms with van der Waals surface area (Å²) in [6.45, 7) is 1.16. The van der Waals surface area contributed by atoms with Crippen molar-refractivity contribution in [2.24, 2.45) is 0 Å². The highest BCUT2D eigenvalue weighted by Gasteiger charge is 2.34. The van der Waals surface area contributed by atoms with Crippen molar-refractivity contribution in [2.75, 3.05) is 4.31 Å². The van der Waals surface area contributed by atoms with Crippen LogP contribution in [-0.2, 0) is 22.7 Å². The number of aryl methyl sites for hydroxylation is 1. The van der Waals surface area contributed by atoms with Gasteiger partial charge in [-0.2, -0.15) is 13.2 Å². The van der Waals surface area contributed by atoms with Crippen molar-refractivity contribution in [1.29, 1.82) is 0 Å². The molecule has 0 amide bonds. The van der Waals surface area contributed by atoms with Gasteiger partial charge in [0, 0.05) is 6.20 Å². The van der Waals surface area contributed by atoms with Crippen LogP contribution in [0.1, 0.15) is 27.0 Å². The Balaban J connectivity index is 2.16. The first kappa shape index (κ1) is 23.6. The van der Waals surface area contributed by atoms with Gasteiger partial charge in [-0.25, -0.2) is 22.5 Å². The van der Waals surface area contributed by atoms with Crippen LogP contribution in [0, 0.1) is 6.92 Å².